The zero-order chi connectivity index (χ0) is 16.9. The molecular formula is C19H18BrN3O. The summed E-state index contributed by atoms with van der Waals surface area (Å²) in [6.07, 6.45) is 0.740. The van der Waals surface area contributed by atoms with Crippen LogP contribution < -0.4 is 10.5 Å². The Balaban J connectivity index is 1.95. The van der Waals surface area contributed by atoms with Crippen molar-refractivity contribution in [2.75, 3.05) is 6.54 Å². The minimum Gasteiger partial charge on any atom is -0.439 e. The van der Waals surface area contributed by atoms with Crippen molar-refractivity contribution in [1.82, 2.24) is 9.97 Å². The third kappa shape index (κ3) is 3.99. The van der Waals surface area contributed by atoms with Crippen molar-refractivity contribution in [3.8, 4) is 22.9 Å². The summed E-state index contributed by atoms with van der Waals surface area (Å²) in [7, 11) is 0. The number of aryl methyl sites for hydroxylation is 1. The topological polar surface area (TPSA) is 61.0 Å². The van der Waals surface area contributed by atoms with Gasteiger partial charge in [0.25, 0.3) is 0 Å². The number of nitrogens with zero attached hydrogens (tertiary/aromatic N) is 2. The van der Waals surface area contributed by atoms with E-state index in [2.05, 4.69) is 25.9 Å². The number of aromatic nitrogens is 2. The van der Waals surface area contributed by atoms with E-state index < -0.39 is 0 Å². The maximum absolute atomic E-state index is 6.03. The van der Waals surface area contributed by atoms with Crippen LogP contribution in [0.2, 0.25) is 0 Å². The molecule has 5 heteroatoms. The van der Waals surface area contributed by atoms with Crippen LogP contribution in [0.4, 0.5) is 0 Å². The summed E-state index contributed by atoms with van der Waals surface area (Å²) in [4.78, 5) is 8.90. The minimum atomic E-state index is 0.530. The Morgan fingerprint density at radius 3 is 2.58 bits per heavy atom. The second kappa shape index (κ2) is 7.55. The highest BCUT2D eigenvalue weighted by Gasteiger charge is 2.09. The van der Waals surface area contributed by atoms with E-state index in [-0.39, 0.29) is 0 Å². The van der Waals surface area contributed by atoms with E-state index in [9.17, 15) is 0 Å². The van der Waals surface area contributed by atoms with E-state index in [4.69, 9.17) is 10.5 Å². The van der Waals surface area contributed by atoms with Crippen molar-refractivity contribution >= 4 is 15.9 Å². The second-order valence-electron chi connectivity index (χ2n) is 5.40. The molecule has 4 nitrogen and oxygen atoms in total. The van der Waals surface area contributed by atoms with Crippen molar-refractivity contribution in [1.29, 1.82) is 0 Å². The number of benzene rings is 2. The van der Waals surface area contributed by atoms with Crippen molar-refractivity contribution in [3.05, 3.63) is 70.5 Å². The molecule has 0 radical (unpaired) electrons. The van der Waals surface area contributed by atoms with Crippen molar-refractivity contribution in [3.63, 3.8) is 0 Å². The van der Waals surface area contributed by atoms with Crippen LogP contribution in [-0.2, 0) is 6.42 Å². The molecule has 0 spiro atoms. The molecule has 0 unspecified atom stereocenters. The maximum Gasteiger partial charge on any atom is 0.223 e. The van der Waals surface area contributed by atoms with E-state index in [0.717, 1.165) is 33.5 Å². The predicted molar refractivity (Wildman–Crippen MR) is 99.2 cm³/mol. The number of hydrogen-bond donors (Lipinski definition) is 1. The van der Waals surface area contributed by atoms with E-state index in [1.807, 2.05) is 61.5 Å². The van der Waals surface area contributed by atoms with Crippen LogP contribution >= 0.6 is 15.9 Å². The molecule has 0 amide bonds. The highest BCUT2D eigenvalue weighted by molar-refractivity contribution is 9.10. The monoisotopic (exact) mass is 383 g/mol. The summed E-state index contributed by atoms with van der Waals surface area (Å²) in [6, 6.07) is 17.7. The third-order valence-electron chi connectivity index (χ3n) is 3.53. The van der Waals surface area contributed by atoms with Gasteiger partial charge in [-0.1, -0.05) is 46.3 Å². The Bertz CT molecular complexity index is 837. The first-order valence-electron chi connectivity index (χ1n) is 7.73. The molecule has 0 bridgehead atoms. The Labute approximate surface area is 149 Å². The van der Waals surface area contributed by atoms with Crippen LogP contribution in [-0.4, -0.2) is 16.5 Å². The molecule has 122 valence electrons. The fourth-order valence-electron chi connectivity index (χ4n) is 2.46. The zero-order valence-electron chi connectivity index (χ0n) is 13.4. The van der Waals surface area contributed by atoms with Crippen molar-refractivity contribution < 1.29 is 4.74 Å². The summed E-state index contributed by atoms with van der Waals surface area (Å²) >= 11 is 3.48. The molecule has 0 aliphatic heterocycles. The first-order chi connectivity index (χ1) is 11.7. The van der Waals surface area contributed by atoms with Crippen LogP contribution in [0.15, 0.2) is 59.1 Å². The summed E-state index contributed by atoms with van der Waals surface area (Å²) < 4.78 is 7.03. The number of ether oxygens (including phenoxy) is 1. The molecule has 0 atom stereocenters. The molecule has 2 N–H and O–H groups in total. The molecule has 0 aliphatic rings. The Morgan fingerprint density at radius 2 is 1.83 bits per heavy atom. The van der Waals surface area contributed by atoms with Crippen LogP contribution in [0.25, 0.3) is 11.3 Å². The fourth-order valence-corrected chi connectivity index (χ4v) is 2.87. The molecule has 0 saturated heterocycles. The third-order valence-corrected chi connectivity index (χ3v) is 4.03. The van der Waals surface area contributed by atoms with Crippen LogP contribution in [0, 0.1) is 6.92 Å². The molecular weight excluding hydrogens is 366 g/mol. The Hall–Kier alpha value is -2.24. The van der Waals surface area contributed by atoms with Gasteiger partial charge in [0.2, 0.25) is 5.88 Å². The van der Waals surface area contributed by atoms with Crippen molar-refractivity contribution in [2.24, 2.45) is 5.73 Å². The average molecular weight is 384 g/mol. The summed E-state index contributed by atoms with van der Waals surface area (Å²) in [5, 5.41) is 0. The lowest BCUT2D eigenvalue weighted by Crippen LogP contribution is -2.04. The standard InChI is InChI=1S/C19H18BrN3O/c1-13-22-17(14-5-3-2-4-6-14)12-19(23-13)24-18-8-7-16(20)11-15(18)9-10-21/h2-8,11-12H,9-10,21H2,1H3. The number of halogens is 1. The van der Waals surface area contributed by atoms with E-state index in [0.29, 0.717) is 18.2 Å². The van der Waals surface area contributed by atoms with Gasteiger partial charge in [-0.2, -0.15) is 4.98 Å². The van der Waals surface area contributed by atoms with Gasteiger partial charge in [0.1, 0.15) is 11.6 Å². The van der Waals surface area contributed by atoms with Gasteiger partial charge in [0, 0.05) is 16.1 Å². The lowest BCUT2D eigenvalue weighted by molar-refractivity contribution is 0.454. The predicted octanol–water partition coefficient (Wildman–Crippen LogP) is 4.51. The number of hydrogen-bond acceptors (Lipinski definition) is 4. The van der Waals surface area contributed by atoms with Gasteiger partial charge in [-0.15, -0.1) is 0 Å². The minimum absolute atomic E-state index is 0.530. The van der Waals surface area contributed by atoms with Gasteiger partial charge in [-0.3, -0.25) is 0 Å². The smallest absolute Gasteiger partial charge is 0.223 e. The largest absolute Gasteiger partial charge is 0.439 e. The van der Waals surface area contributed by atoms with E-state index in [1.54, 1.807) is 0 Å². The first-order valence-corrected chi connectivity index (χ1v) is 8.52. The highest BCUT2D eigenvalue weighted by Crippen LogP contribution is 2.29. The van der Waals surface area contributed by atoms with Gasteiger partial charge in [0.15, 0.2) is 0 Å². The van der Waals surface area contributed by atoms with E-state index >= 15 is 0 Å². The van der Waals surface area contributed by atoms with Crippen LogP contribution in [0.5, 0.6) is 11.6 Å². The SMILES string of the molecule is Cc1nc(Oc2ccc(Br)cc2CCN)cc(-c2ccccc2)n1. The van der Waals surface area contributed by atoms with Crippen LogP contribution in [0.3, 0.4) is 0 Å². The molecule has 2 aromatic carbocycles. The number of rotatable bonds is 5. The first kappa shape index (κ1) is 16.6. The second-order valence-corrected chi connectivity index (χ2v) is 6.31. The fraction of sp³-hybridized carbons (Fsp3) is 0.158. The van der Waals surface area contributed by atoms with Gasteiger partial charge in [0.05, 0.1) is 5.69 Å². The Kier molecular flexibility index (Phi) is 5.23. The molecule has 1 aromatic heterocycles. The highest BCUT2D eigenvalue weighted by atomic mass is 79.9. The normalized spacial score (nSPS) is 10.6. The quantitative estimate of drug-likeness (QED) is 0.703. The van der Waals surface area contributed by atoms with Gasteiger partial charge in [-0.05, 0) is 43.7 Å². The Morgan fingerprint density at radius 1 is 1.04 bits per heavy atom. The lowest BCUT2D eigenvalue weighted by atomic mass is 10.1. The molecule has 0 fully saturated rings. The molecule has 0 aliphatic carbocycles. The molecule has 3 rings (SSSR count). The van der Waals surface area contributed by atoms with Gasteiger partial charge in [-0.25, -0.2) is 4.98 Å². The lowest BCUT2D eigenvalue weighted by Gasteiger charge is -2.12. The van der Waals surface area contributed by atoms with Gasteiger partial charge >= 0.3 is 0 Å². The zero-order valence-corrected chi connectivity index (χ0v) is 15.0. The van der Waals surface area contributed by atoms with Gasteiger partial charge < -0.3 is 10.5 Å². The average Bonchev–Trinajstić information content (AvgIpc) is 2.58. The molecule has 24 heavy (non-hydrogen) atoms. The summed E-state index contributed by atoms with van der Waals surface area (Å²) in [5.41, 5.74) is 8.62. The summed E-state index contributed by atoms with van der Waals surface area (Å²) in [5.74, 6) is 1.96. The molecule has 3 aromatic rings. The molecule has 1 heterocycles. The molecule has 0 saturated carbocycles. The van der Waals surface area contributed by atoms with E-state index in [1.165, 1.54) is 0 Å². The van der Waals surface area contributed by atoms with Crippen molar-refractivity contribution in [2.45, 2.75) is 13.3 Å². The summed E-state index contributed by atoms with van der Waals surface area (Å²) in [6.45, 7) is 2.42. The maximum atomic E-state index is 6.03. The van der Waals surface area contributed by atoms with Crippen LogP contribution in [0.1, 0.15) is 11.4 Å². The number of nitrogens with two attached hydrogens (primary N) is 1.